The number of hydrogen-bond donors (Lipinski definition) is 6. The van der Waals surface area contributed by atoms with Gasteiger partial charge in [-0.2, -0.15) is 11.8 Å². The van der Waals surface area contributed by atoms with Gasteiger partial charge in [-0.25, -0.2) is 4.79 Å². The number of amides is 5. The van der Waals surface area contributed by atoms with Crippen molar-refractivity contribution in [1.82, 2.24) is 26.6 Å². The van der Waals surface area contributed by atoms with Crippen LogP contribution in [0.5, 0.6) is 0 Å². The number of urea groups is 1. The molecule has 5 rings (SSSR count). The minimum Gasteiger partial charge on any atom is -0.381 e. The number of carbonyl (C=O) groups is 4. The van der Waals surface area contributed by atoms with Crippen molar-refractivity contribution in [2.24, 2.45) is 5.11 Å². The van der Waals surface area contributed by atoms with Crippen LogP contribution in [0.2, 0.25) is 0 Å². The number of fused-ring (bicyclic) bond motifs is 1. The van der Waals surface area contributed by atoms with Gasteiger partial charge in [0, 0.05) is 72.7 Å². The predicted octanol–water partition coefficient (Wildman–Crippen LogP) is 7.58. The monoisotopic (exact) mass is 795 g/mol. The summed E-state index contributed by atoms with van der Waals surface area (Å²) in [7, 11) is 0. The van der Waals surface area contributed by atoms with E-state index >= 15 is 0 Å². The number of benzene rings is 3. The third kappa shape index (κ3) is 15.0. The van der Waals surface area contributed by atoms with Gasteiger partial charge in [-0.1, -0.05) is 79.3 Å². The summed E-state index contributed by atoms with van der Waals surface area (Å²) in [6.45, 7) is 2.94. The van der Waals surface area contributed by atoms with E-state index < -0.39 is 0 Å². The molecule has 0 aliphatic carbocycles. The summed E-state index contributed by atoms with van der Waals surface area (Å²) in [5.74, 6) is 0.997. The molecule has 304 valence electrons. The van der Waals surface area contributed by atoms with E-state index in [1.807, 2.05) is 60.3 Å². The lowest BCUT2D eigenvalue weighted by Crippen LogP contribution is -2.36. The van der Waals surface area contributed by atoms with Gasteiger partial charge in [0.05, 0.1) is 12.1 Å². The molecule has 2 aliphatic rings. The number of carbonyl (C=O) groups excluding carboxylic acids is 4. The Balaban J connectivity index is 0.873. The number of nitrogens with one attached hydrogen (secondary N) is 6. The maximum atomic E-state index is 12.5. The van der Waals surface area contributed by atoms with Gasteiger partial charge in [0.2, 0.25) is 11.8 Å². The van der Waals surface area contributed by atoms with Crippen LogP contribution in [-0.4, -0.2) is 66.5 Å². The average Bonchev–Trinajstić information content (AvgIpc) is 3.79. The van der Waals surface area contributed by atoms with Gasteiger partial charge in [-0.15, -0.1) is 0 Å². The number of rotatable bonds is 25. The van der Waals surface area contributed by atoms with E-state index in [0.717, 1.165) is 97.9 Å². The van der Waals surface area contributed by atoms with Gasteiger partial charge in [-0.3, -0.25) is 14.4 Å². The molecule has 3 aromatic carbocycles. The topological polar surface area (TPSA) is 189 Å². The smallest absolute Gasteiger partial charge is 0.315 e. The quantitative estimate of drug-likeness (QED) is 0.0168. The lowest BCUT2D eigenvalue weighted by atomic mass is 10.0. The summed E-state index contributed by atoms with van der Waals surface area (Å²) in [6.07, 6.45) is 10.1. The SMILES string of the molecule is [N-]=[N+]=NCCCCCCNC(=O)c1ccc(-c2ccc(CNc3ccc(CNC(=O)CCCCCNC(=O)CCCC[C@@H]4SC[C@@H]5NC(=O)N[C@@H]54)cc3)cc2)cc1. The van der Waals surface area contributed by atoms with E-state index in [2.05, 4.69) is 66.2 Å². The van der Waals surface area contributed by atoms with Gasteiger partial charge in [-0.05, 0) is 90.6 Å². The molecule has 0 unspecified atom stereocenters. The molecule has 13 nitrogen and oxygen atoms in total. The van der Waals surface area contributed by atoms with Crippen LogP contribution in [0.15, 0.2) is 77.9 Å². The fourth-order valence-electron chi connectivity index (χ4n) is 7.05. The first-order valence-electron chi connectivity index (χ1n) is 20.4. The van der Waals surface area contributed by atoms with E-state index in [0.29, 0.717) is 56.4 Å². The van der Waals surface area contributed by atoms with Crippen molar-refractivity contribution in [2.75, 3.05) is 30.7 Å². The maximum absolute atomic E-state index is 12.5. The largest absolute Gasteiger partial charge is 0.381 e. The van der Waals surface area contributed by atoms with Gasteiger partial charge in [0.15, 0.2) is 0 Å². The number of anilines is 1. The molecule has 2 fully saturated rings. The summed E-state index contributed by atoms with van der Waals surface area (Å²) >= 11 is 1.91. The predicted molar refractivity (Wildman–Crippen MR) is 228 cm³/mol. The second-order valence-corrected chi connectivity index (χ2v) is 16.0. The Hall–Kier alpha value is -5.20. The molecule has 0 aromatic heterocycles. The minimum absolute atomic E-state index is 0.0322. The Morgan fingerprint density at radius 3 is 2.05 bits per heavy atom. The molecule has 0 saturated carbocycles. The molecule has 0 radical (unpaired) electrons. The van der Waals surface area contributed by atoms with Gasteiger partial charge >= 0.3 is 6.03 Å². The van der Waals surface area contributed by atoms with Crippen molar-refractivity contribution in [3.05, 3.63) is 99.9 Å². The average molecular weight is 796 g/mol. The van der Waals surface area contributed by atoms with E-state index in [1.54, 1.807) is 0 Å². The van der Waals surface area contributed by atoms with E-state index in [-0.39, 0.29) is 35.8 Å². The van der Waals surface area contributed by atoms with Gasteiger partial charge < -0.3 is 31.9 Å². The summed E-state index contributed by atoms with van der Waals surface area (Å²) < 4.78 is 0. The molecule has 2 aliphatic heterocycles. The zero-order valence-corrected chi connectivity index (χ0v) is 33.6. The van der Waals surface area contributed by atoms with Gasteiger partial charge in [0.1, 0.15) is 0 Å². The van der Waals surface area contributed by atoms with Crippen molar-refractivity contribution < 1.29 is 19.2 Å². The highest BCUT2D eigenvalue weighted by Crippen LogP contribution is 2.33. The molecule has 0 bridgehead atoms. The molecular weight excluding hydrogens is 739 g/mol. The van der Waals surface area contributed by atoms with Crippen LogP contribution in [0.25, 0.3) is 21.6 Å². The Kier molecular flexibility index (Phi) is 17.9. The number of thioether (sulfide) groups is 1. The molecule has 0 spiro atoms. The van der Waals surface area contributed by atoms with Crippen molar-refractivity contribution in [3.8, 4) is 11.1 Å². The van der Waals surface area contributed by atoms with Crippen molar-refractivity contribution in [1.29, 1.82) is 0 Å². The molecule has 2 saturated heterocycles. The minimum atomic E-state index is -0.0754. The second kappa shape index (κ2) is 23.8. The number of unbranched alkanes of at least 4 members (excludes halogenated alkanes) is 6. The number of hydrogen-bond acceptors (Lipinski definition) is 7. The molecule has 6 N–H and O–H groups in total. The van der Waals surface area contributed by atoms with Crippen LogP contribution in [0, 0.1) is 0 Å². The highest BCUT2D eigenvalue weighted by Gasteiger charge is 2.42. The van der Waals surface area contributed by atoms with Crippen molar-refractivity contribution in [2.45, 2.75) is 107 Å². The maximum Gasteiger partial charge on any atom is 0.315 e. The van der Waals surface area contributed by atoms with E-state index in [9.17, 15) is 19.2 Å². The summed E-state index contributed by atoms with van der Waals surface area (Å²) in [5, 5.41) is 22.4. The summed E-state index contributed by atoms with van der Waals surface area (Å²) in [6, 6.07) is 24.5. The molecule has 2 heterocycles. The first-order valence-corrected chi connectivity index (χ1v) is 21.5. The molecule has 14 heteroatoms. The van der Waals surface area contributed by atoms with Crippen LogP contribution >= 0.6 is 11.8 Å². The highest BCUT2D eigenvalue weighted by molar-refractivity contribution is 8.00. The fraction of sp³-hybridized carbons (Fsp3) is 0.488. The van der Waals surface area contributed by atoms with Crippen LogP contribution in [0.1, 0.15) is 98.5 Å². The standard InChI is InChI=1S/C43H57N9O4S/c44-52-49-27-9-2-1-7-26-46-42(55)35-21-19-34(20-22-35)33-17-13-31(14-18-33)28-47-36-23-15-32(16-24-36)29-48-40(54)11-4-3-8-25-45-39(53)12-6-5-10-38-41-37(30-57-38)50-43(56)51-41/h13-24,37-38,41,47H,1-12,25-30H2,(H,45,53)(H,46,55)(H,48,54)(H2,50,51,56)/t37-,38-,41-/m0/s1. The fourth-order valence-corrected chi connectivity index (χ4v) is 8.59. The lowest BCUT2D eigenvalue weighted by Gasteiger charge is -2.16. The van der Waals surface area contributed by atoms with E-state index in [4.69, 9.17) is 5.53 Å². The Morgan fingerprint density at radius 2 is 1.32 bits per heavy atom. The van der Waals surface area contributed by atoms with Crippen LogP contribution in [0.4, 0.5) is 10.5 Å². The second-order valence-electron chi connectivity index (χ2n) is 14.8. The molecule has 3 aromatic rings. The Morgan fingerprint density at radius 1 is 0.702 bits per heavy atom. The van der Waals surface area contributed by atoms with E-state index in [1.165, 1.54) is 0 Å². The zero-order chi connectivity index (χ0) is 40.1. The van der Waals surface area contributed by atoms with Crippen molar-refractivity contribution in [3.63, 3.8) is 0 Å². The normalized spacial score (nSPS) is 16.8. The van der Waals surface area contributed by atoms with Crippen molar-refractivity contribution >= 4 is 41.2 Å². The first-order chi connectivity index (χ1) is 27.9. The zero-order valence-electron chi connectivity index (χ0n) is 32.8. The van der Waals surface area contributed by atoms with Crippen LogP contribution < -0.4 is 31.9 Å². The lowest BCUT2D eigenvalue weighted by molar-refractivity contribution is -0.122. The third-order valence-electron chi connectivity index (χ3n) is 10.4. The third-order valence-corrected chi connectivity index (χ3v) is 11.9. The highest BCUT2D eigenvalue weighted by atomic mass is 32.2. The van der Waals surface area contributed by atoms with Crippen LogP contribution in [-0.2, 0) is 22.7 Å². The summed E-state index contributed by atoms with van der Waals surface area (Å²) in [4.78, 5) is 51.4. The molecule has 3 atom stereocenters. The summed E-state index contributed by atoms with van der Waals surface area (Å²) in [5.41, 5.74) is 14.3. The van der Waals surface area contributed by atoms with Gasteiger partial charge in [0.25, 0.3) is 5.91 Å². The molecule has 57 heavy (non-hydrogen) atoms. The van der Waals surface area contributed by atoms with Crippen LogP contribution in [0.3, 0.4) is 0 Å². The number of azide groups is 1. The molecular formula is C43H57N9O4S. The number of nitrogens with zero attached hydrogens (tertiary/aromatic N) is 3. The molecule has 5 amide bonds. The first kappa shape index (κ1) is 42.9. The Bertz CT molecular complexity index is 1780. The Labute approximate surface area is 340 Å².